The first-order chi connectivity index (χ1) is 15.3. The van der Waals surface area contributed by atoms with Gasteiger partial charge in [0.2, 0.25) is 10.0 Å². The van der Waals surface area contributed by atoms with Gasteiger partial charge in [0, 0.05) is 12.1 Å². The predicted octanol–water partition coefficient (Wildman–Crippen LogP) is 3.65. The number of sulfonamides is 1. The summed E-state index contributed by atoms with van der Waals surface area (Å²) in [4.78, 5) is 12.6. The number of nitrogens with one attached hydrogen (secondary N) is 1. The Morgan fingerprint density at radius 2 is 1.72 bits per heavy atom. The third-order valence-electron chi connectivity index (χ3n) is 5.60. The number of nitrogens with zero attached hydrogens (tertiary/aromatic N) is 1. The third-order valence-corrected chi connectivity index (χ3v) is 7.11. The van der Waals surface area contributed by atoms with Crippen LogP contribution in [0.2, 0.25) is 0 Å². The van der Waals surface area contributed by atoms with Crippen LogP contribution in [0.5, 0.6) is 17.2 Å². The van der Waals surface area contributed by atoms with Crippen molar-refractivity contribution in [2.24, 2.45) is 5.92 Å². The van der Waals surface area contributed by atoms with Gasteiger partial charge in [0.25, 0.3) is 0 Å². The number of ether oxygens (including phenoxy) is 3. The molecular weight excluding hydrogens is 432 g/mol. The summed E-state index contributed by atoms with van der Waals surface area (Å²) in [5.41, 5.74) is 0.386. The van der Waals surface area contributed by atoms with Crippen molar-refractivity contribution in [2.45, 2.75) is 43.5 Å². The first kappa shape index (κ1) is 23.6. The van der Waals surface area contributed by atoms with Crippen LogP contribution in [0.1, 0.15) is 48.5 Å². The summed E-state index contributed by atoms with van der Waals surface area (Å²) in [7, 11) is -1.16. The number of esters is 1. The third kappa shape index (κ3) is 5.21. The van der Waals surface area contributed by atoms with Gasteiger partial charge in [-0.3, -0.25) is 0 Å². The number of methoxy groups -OCH3 is 2. The van der Waals surface area contributed by atoms with Crippen molar-refractivity contribution in [1.82, 2.24) is 4.72 Å². The number of benzene rings is 2. The van der Waals surface area contributed by atoms with E-state index in [1.807, 2.05) is 13.0 Å². The van der Waals surface area contributed by atoms with Gasteiger partial charge in [-0.1, -0.05) is 19.8 Å². The second-order valence-corrected chi connectivity index (χ2v) is 9.40. The van der Waals surface area contributed by atoms with Gasteiger partial charge in [0.05, 0.1) is 31.4 Å². The number of hydrogen-bond donors (Lipinski definition) is 1. The molecule has 0 saturated heterocycles. The fraction of sp³-hybridized carbons (Fsp3) is 0.391. The Bertz CT molecular complexity index is 1140. The second kappa shape index (κ2) is 10.0. The van der Waals surface area contributed by atoms with E-state index >= 15 is 0 Å². The van der Waals surface area contributed by atoms with Crippen LogP contribution < -0.4 is 18.9 Å². The Balaban J connectivity index is 1.89. The van der Waals surface area contributed by atoms with E-state index in [1.54, 1.807) is 0 Å². The highest BCUT2D eigenvalue weighted by molar-refractivity contribution is 7.89. The normalized spacial score (nSPS) is 18.4. The van der Waals surface area contributed by atoms with Gasteiger partial charge in [-0.25, -0.2) is 17.9 Å². The molecule has 1 fully saturated rings. The zero-order valence-corrected chi connectivity index (χ0v) is 19.1. The van der Waals surface area contributed by atoms with Crippen molar-refractivity contribution in [3.05, 3.63) is 47.5 Å². The van der Waals surface area contributed by atoms with Crippen LogP contribution in [0.15, 0.2) is 41.3 Å². The van der Waals surface area contributed by atoms with Crippen LogP contribution in [-0.2, 0) is 10.0 Å². The lowest BCUT2D eigenvalue weighted by molar-refractivity contribution is 0.0729. The molecule has 1 aliphatic rings. The molecule has 0 amide bonds. The molecule has 2 unspecified atom stereocenters. The number of carbonyl (C=O) groups is 1. The second-order valence-electron chi connectivity index (χ2n) is 7.72. The molecule has 1 saturated carbocycles. The van der Waals surface area contributed by atoms with Gasteiger partial charge >= 0.3 is 5.97 Å². The molecule has 32 heavy (non-hydrogen) atoms. The molecule has 0 radical (unpaired) electrons. The van der Waals surface area contributed by atoms with Crippen LogP contribution in [-0.4, -0.2) is 34.6 Å². The summed E-state index contributed by atoms with van der Waals surface area (Å²) in [6.45, 7) is 2.03. The number of hydrogen-bond acceptors (Lipinski definition) is 7. The maximum atomic E-state index is 13.1. The van der Waals surface area contributed by atoms with Crippen LogP contribution in [0.25, 0.3) is 0 Å². The van der Waals surface area contributed by atoms with Crippen LogP contribution >= 0.6 is 0 Å². The smallest absolute Gasteiger partial charge is 0.343 e. The minimum Gasteiger partial charge on any atom is -0.495 e. The number of rotatable bonds is 7. The minimum absolute atomic E-state index is 0.0364. The van der Waals surface area contributed by atoms with Crippen molar-refractivity contribution in [1.29, 1.82) is 5.26 Å². The number of nitriles is 1. The predicted molar refractivity (Wildman–Crippen MR) is 117 cm³/mol. The highest BCUT2D eigenvalue weighted by Crippen LogP contribution is 2.31. The average Bonchev–Trinajstić information content (AvgIpc) is 2.80. The zero-order chi connectivity index (χ0) is 23.3. The lowest BCUT2D eigenvalue weighted by Crippen LogP contribution is -2.41. The first-order valence-electron chi connectivity index (χ1n) is 10.3. The van der Waals surface area contributed by atoms with Gasteiger partial charge in [0.15, 0.2) is 11.5 Å². The number of carbonyl (C=O) groups excluding carboxylic acids is 1. The molecule has 1 aliphatic carbocycles. The van der Waals surface area contributed by atoms with E-state index in [-0.39, 0.29) is 39.7 Å². The Morgan fingerprint density at radius 1 is 1.03 bits per heavy atom. The molecule has 0 aliphatic heterocycles. The van der Waals surface area contributed by atoms with Gasteiger partial charge in [-0.05, 0) is 49.1 Å². The molecule has 0 spiro atoms. The minimum atomic E-state index is -3.93. The zero-order valence-electron chi connectivity index (χ0n) is 18.3. The van der Waals surface area contributed by atoms with E-state index in [1.165, 1.54) is 50.6 Å². The molecule has 2 aromatic rings. The van der Waals surface area contributed by atoms with Crippen molar-refractivity contribution >= 4 is 16.0 Å². The Hall–Kier alpha value is -3.09. The lowest BCUT2D eigenvalue weighted by atomic mass is 9.87. The maximum Gasteiger partial charge on any atom is 0.343 e. The van der Waals surface area contributed by atoms with Crippen LogP contribution in [0.4, 0.5) is 0 Å². The first-order valence-corrected chi connectivity index (χ1v) is 11.8. The SMILES string of the molecule is COc1cc(C#N)ccc1OC(=O)c1ccc(OC)c(S(=O)(=O)NC2CCCCC2C)c1. The average molecular weight is 459 g/mol. The van der Waals surface area contributed by atoms with Gasteiger partial charge < -0.3 is 14.2 Å². The van der Waals surface area contributed by atoms with E-state index < -0.39 is 16.0 Å². The van der Waals surface area contributed by atoms with Crippen molar-refractivity contribution in [3.63, 3.8) is 0 Å². The van der Waals surface area contributed by atoms with E-state index in [0.29, 0.717) is 5.56 Å². The highest BCUT2D eigenvalue weighted by atomic mass is 32.2. The molecule has 8 nitrogen and oxygen atoms in total. The molecular formula is C23H26N2O6S. The standard InChI is InChI=1S/C23H26N2O6S/c1-15-6-4-5-7-18(15)25-32(27,28)22-13-17(9-11-20(22)29-2)23(26)31-19-10-8-16(14-24)12-21(19)30-3/h8-13,15,18,25H,4-7H2,1-3H3. The van der Waals surface area contributed by atoms with E-state index in [0.717, 1.165) is 25.7 Å². The Labute approximate surface area is 188 Å². The van der Waals surface area contributed by atoms with Crippen molar-refractivity contribution in [3.8, 4) is 23.3 Å². The Morgan fingerprint density at radius 3 is 2.38 bits per heavy atom. The largest absolute Gasteiger partial charge is 0.495 e. The summed E-state index contributed by atoms with van der Waals surface area (Å²) < 4.78 is 44.9. The van der Waals surface area contributed by atoms with E-state index in [9.17, 15) is 13.2 Å². The molecule has 0 bridgehead atoms. The van der Waals surface area contributed by atoms with Crippen molar-refractivity contribution < 1.29 is 27.4 Å². The summed E-state index contributed by atoms with van der Waals surface area (Å²) in [5, 5.41) is 9.01. The monoisotopic (exact) mass is 458 g/mol. The molecule has 0 heterocycles. The van der Waals surface area contributed by atoms with Crippen molar-refractivity contribution in [2.75, 3.05) is 14.2 Å². The van der Waals surface area contributed by atoms with E-state index in [4.69, 9.17) is 19.5 Å². The fourth-order valence-corrected chi connectivity index (χ4v) is 5.32. The Kier molecular flexibility index (Phi) is 7.38. The van der Waals surface area contributed by atoms with Gasteiger partial charge in [-0.15, -0.1) is 0 Å². The highest BCUT2D eigenvalue weighted by Gasteiger charge is 2.29. The van der Waals surface area contributed by atoms with Gasteiger partial charge in [0.1, 0.15) is 10.6 Å². The van der Waals surface area contributed by atoms with Gasteiger partial charge in [-0.2, -0.15) is 5.26 Å². The molecule has 0 aromatic heterocycles. The molecule has 170 valence electrons. The summed E-state index contributed by atoms with van der Waals surface area (Å²) in [5.74, 6) is -0.0780. The summed E-state index contributed by atoms with van der Waals surface area (Å²) in [6, 6.07) is 10.3. The van der Waals surface area contributed by atoms with E-state index in [2.05, 4.69) is 4.72 Å². The molecule has 3 rings (SSSR count). The summed E-state index contributed by atoms with van der Waals surface area (Å²) >= 11 is 0. The molecule has 2 aromatic carbocycles. The van der Waals surface area contributed by atoms with Crippen LogP contribution in [0.3, 0.4) is 0 Å². The molecule has 1 N–H and O–H groups in total. The fourth-order valence-electron chi connectivity index (χ4n) is 3.75. The quantitative estimate of drug-likeness (QED) is 0.497. The van der Waals surface area contributed by atoms with Crippen LogP contribution in [0, 0.1) is 17.2 Å². The molecule has 9 heteroatoms. The topological polar surface area (TPSA) is 115 Å². The molecule has 2 atom stereocenters. The maximum absolute atomic E-state index is 13.1. The summed E-state index contributed by atoms with van der Waals surface area (Å²) in [6.07, 6.45) is 3.78. The lowest BCUT2D eigenvalue weighted by Gasteiger charge is -2.29.